The van der Waals surface area contributed by atoms with E-state index in [0.29, 0.717) is 61.6 Å². The molecule has 2 saturated heterocycles. The third-order valence-corrected chi connectivity index (χ3v) is 8.11. The molecule has 2 amide bonds. The Labute approximate surface area is 227 Å². The summed E-state index contributed by atoms with van der Waals surface area (Å²) >= 11 is 0. The molecule has 206 valence electrons. The maximum absolute atomic E-state index is 13.2. The predicted octanol–water partition coefficient (Wildman–Crippen LogP) is 3.38. The number of rotatable bonds is 5. The van der Waals surface area contributed by atoms with E-state index >= 15 is 0 Å². The fourth-order valence-electron chi connectivity index (χ4n) is 6.20. The maximum Gasteiger partial charge on any atom is 0.387 e. The number of benzene rings is 2. The Balaban J connectivity index is 1.22. The van der Waals surface area contributed by atoms with Gasteiger partial charge in [0.15, 0.2) is 0 Å². The second-order valence-electron chi connectivity index (χ2n) is 10.5. The van der Waals surface area contributed by atoms with E-state index in [0.717, 1.165) is 16.7 Å². The Morgan fingerprint density at radius 2 is 1.85 bits per heavy atom. The first-order chi connectivity index (χ1) is 19.4. The SMILES string of the molecule is Cc1ccc(OC(F)F)c([C@@H]2CCn3c(=O)c4ccc(-c5cnc(N6CCN7C(=O)NC[C@H]7C6)nc5)cc4n32)c1. The number of carbonyl (C=O) groups excluding carboxylic acids is 1. The summed E-state index contributed by atoms with van der Waals surface area (Å²) in [5, 5.41) is 3.44. The third kappa shape index (κ3) is 3.97. The quantitative estimate of drug-likeness (QED) is 0.412. The van der Waals surface area contributed by atoms with Crippen LogP contribution in [0.4, 0.5) is 19.5 Å². The first-order valence-corrected chi connectivity index (χ1v) is 13.3. The van der Waals surface area contributed by atoms with Crippen LogP contribution < -0.4 is 20.5 Å². The first kappa shape index (κ1) is 24.6. The molecule has 0 unspecified atom stereocenters. The lowest BCUT2D eigenvalue weighted by atomic mass is 10.0. The monoisotopic (exact) mass is 547 g/mol. The van der Waals surface area contributed by atoms with Gasteiger partial charge in [-0.2, -0.15) is 8.78 Å². The number of anilines is 1. The van der Waals surface area contributed by atoms with Crippen LogP contribution in [0, 0.1) is 6.92 Å². The predicted molar refractivity (Wildman–Crippen MR) is 144 cm³/mol. The largest absolute Gasteiger partial charge is 0.434 e. The van der Waals surface area contributed by atoms with Crippen LogP contribution in [-0.2, 0) is 6.54 Å². The Kier molecular flexibility index (Phi) is 5.72. The van der Waals surface area contributed by atoms with Crippen LogP contribution in [-0.4, -0.2) is 69.1 Å². The highest BCUT2D eigenvalue weighted by Crippen LogP contribution is 2.38. The molecule has 3 aliphatic rings. The number of alkyl halides is 2. The lowest BCUT2D eigenvalue weighted by molar-refractivity contribution is -0.0507. The van der Waals surface area contributed by atoms with Gasteiger partial charge in [0.1, 0.15) is 5.75 Å². The van der Waals surface area contributed by atoms with E-state index < -0.39 is 6.61 Å². The molecule has 0 spiro atoms. The fraction of sp³-hybridized carbons (Fsp3) is 0.357. The van der Waals surface area contributed by atoms with Gasteiger partial charge in [0.05, 0.1) is 23.0 Å². The number of hydrogen-bond donors (Lipinski definition) is 1. The lowest BCUT2D eigenvalue weighted by Gasteiger charge is -2.36. The summed E-state index contributed by atoms with van der Waals surface area (Å²) in [6, 6.07) is 10.5. The first-order valence-electron chi connectivity index (χ1n) is 13.3. The highest BCUT2D eigenvalue weighted by atomic mass is 19.3. The molecule has 2 aromatic heterocycles. The number of aromatic nitrogens is 4. The van der Waals surface area contributed by atoms with Gasteiger partial charge in [-0.15, -0.1) is 0 Å². The maximum atomic E-state index is 13.2. The minimum absolute atomic E-state index is 0.0185. The topological polar surface area (TPSA) is 97.5 Å². The molecule has 12 heteroatoms. The van der Waals surface area contributed by atoms with Crippen LogP contribution in [0.5, 0.6) is 5.75 Å². The number of ether oxygens (including phenoxy) is 1. The average molecular weight is 548 g/mol. The highest BCUT2D eigenvalue weighted by molar-refractivity contribution is 5.85. The van der Waals surface area contributed by atoms with E-state index in [9.17, 15) is 18.4 Å². The van der Waals surface area contributed by atoms with Gasteiger partial charge in [-0.05, 0) is 37.1 Å². The van der Waals surface area contributed by atoms with Crippen LogP contribution in [0.15, 0.2) is 53.6 Å². The van der Waals surface area contributed by atoms with Crippen molar-refractivity contribution in [3.63, 3.8) is 0 Å². The Morgan fingerprint density at radius 1 is 1.02 bits per heavy atom. The number of halogens is 2. The van der Waals surface area contributed by atoms with Crippen molar-refractivity contribution in [1.82, 2.24) is 29.5 Å². The van der Waals surface area contributed by atoms with E-state index in [1.807, 2.05) is 34.7 Å². The number of amides is 2. The van der Waals surface area contributed by atoms with Gasteiger partial charge in [-0.25, -0.2) is 19.4 Å². The van der Waals surface area contributed by atoms with Gasteiger partial charge in [0.25, 0.3) is 5.56 Å². The van der Waals surface area contributed by atoms with Crippen molar-refractivity contribution in [3.8, 4) is 16.9 Å². The molecule has 10 nitrogen and oxygen atoms in total. The van der Waals surface area contributed by atoms with Gasteiger partial charge < -0.3 is 19.9 Å². The number of fused-ring (bicyclic) bond motifs is 4. The average Bonchev–Trinajstić information content (AvgIpc) is 3.63. The van der Waals surface area contributed by atoms with Crippen molar-refractivity contribution in [2.45, 2.75) is 38.6 Å². The van der Waals surface area contributed by atoms with Gasteiger partial charge in [-0.3, -0.25) is 9.48 Å². The van der Waals surface area contributed by atoms with Gasteiger partial charge in [0.2, 0.25) is 5.95 Å². The summed E-state index contributed by atoms with van der Waals surface area (Å²) in [4.78, 5) is 38.3. The summed E-state index contributed by atoms with van der Waals surface area (Å²) in [5.41, 5.74) is 3.78. The Hall–Kier alpha value is -4.48. The molecule has 2 atom stereocenters. The summed E-state index contributed by atoms with van der Waals surface area (Å²) in [5.74, 6) is 0.725. The Morgan fingerprint density at radius 3 is 2.65 bits per heavy atom. The van der Waals surface area contributed by atoms with E-state index in [1.165, 1.54) is 0 Å². The van der Waals surface area contributed by atoms with Crippen LogP contribution >= 0.6 is 0 Å². The third-order valence-electron chi connectivity index (χ3n) is 8.11. The summed E-state index contributed by atoms with van der Waals surface area (Å²) < 4.78 is 34.8. The minimum atomic E-state index is -2.94. The molecule has 5 heterocycles. The number of carbonyl (C=O) groups is 1. The fourth-order valence-corrected chi connectivity index (χ4v) is 6.20. The van der Waals surface area contributed by atoms with Crippen molar-refractivity contribution in [3.05, 3.63) is 70.3 Å². The molecule has 2 fully saturated rings. The zero-order chi connectivity index (χ0) is 27.5. The molecule has 0 radical (unpaired) electrons. The van der Waals surface area contributed by atoms with Crippen LogP contribution in [0.1, 0.15) is 23.6 Å². The van der Waals surface area contributed by atoms with E-state index in [-0.39, 0.29) is 29.4 Å². The number of nitrogens with one attached hydrogen (secondary N) is 1. The molecule has 4 aromatic rings. The molecular weight excluding hydrogens is 520 g/mol. The Bertz CT molecular complexity index is 1680. The lowest BCUT2D eigenvalue weighted by Crippen LogP contribution is -2.52. The van der Waals surface area contributed by atoms with Gasteiger partial charge in [-0.1, -0.05) is 23.8 Å². The summed E-state index contributed by atoms with van der Waals surface area (Å²) in [6.45, 7) is 2.00. The number of nitrogens with zero attached hydrogens (tertiary/aromatic N) is 6. The number of piperazine rings is 1. The normalized spacial score (nSPS) is 20.2. The van der Waals surface area contributed by atoms with Crippen LogP contribution in [0.25, 0.3) is 22.0 Å². The van der Waals surface area contributed by atoms with Crippen LogP contribution in [0.2, 0.25) is 0 Å². The minimum Gasteiger partial charge on any atom is -0.434 e. The summed E-state index contributed by atoms with van der Waals surface area (Å²) in [7, 11) is 0. The van der Waals surface area contributed by atoms with Gasteiger partial charge >= 0.3 is 12.6 Å². The molecule has 40 heavy (non-hydrogen) atoms. The number of aryl methyl sites for hydroxylation is 1. The van der Waals surface area contributed by atoms with Crippen molar-refractivity contribution < 1.29 is 18.3 Å². The van der Waals surface area contributed by atoms with E-state index in [2.05, 4.69) is 20.2 Å². The zero-order valence-electron chi connectivity index (χ0n) is 21.8. The number of hydrogen-bond acceptors (Lipinski definition) is 6. The summed E-state index contributed by atoms with van der Waals surface area (Å²) in [6.07, 6.45) is 4.12. The molecule has 1 N–H and O–H groups in total. The van der Waals surface area contributed by atoms with Crippen molar-refractivity contribution >= 4 is 22.9 Å². The second kappa shape index (κ2) is 9.32. The van der Waals surface area contributed by atoms with E-state index in [1.54, 1.807) is 35.3 Å². The smallest absolute Gasteiger partial charge is 0.387 e. The van der Waals surface area contributed by atoms with E-state index in [4.69, 9.17) is 4.74 Å². The highest BCUT2D eigenvalue weighted by Gasteiger charge is 2.36. The zero-order valence-corrected chi connectivity index (χ0v) is 21.8. The number of urea groups is 1. The van der Waals surface area contributed by atoms with Crippen molar-refractivity contribution in [2.24, 2.45) is 0 Å². The molecule has 0 saturated carbocycles. The van der Waals surface area contributed by atoms with Crippen LogP contribution in [0.3, 0.4) is 0 Å². The molecule has 0 aliphatic carbocycles. The van der Waals surface area contributed by atoms with Crippen molar-refractivity contribution in [2.75, 3.05) is 31.1 Å². The molecular formula is C28H27F2N7O3. The van der Waals surface area contributed by atoms with Gasteiger partial charge in [0, 0.05) is 56.2 Å². The molecule has 2 aromatic carbocycles. The standard InChI is InChI=1S/C28H27F2N7O3/c1-16-2-5-24(40-26(29)30)21(10-16)22-6-7-36-25(38)20-4-3-17(11-23(20)37(22)36)18-12-31-27(32-13-18)34-8-9-35-19(15-34)14-33-28(35)39/h2-5,10-13,19,22,26H,6-9,14-15H2,1H3,(H,33,39)/t19-,22-/m0/s1. The molecule has 3 aliphatic heterocycles. The second-order valence-corrected chi connectivity index (χ2v) is 10.5. The molecule has 0 bridgehead atoms. The van der Waals surface area contributed by atoms with Crippen molar-refractivity contribution in [1.29, 1.82) is 0 Å². The molecule has 7 rings (SSSR count).